The fraction of sp³-hybridized carbons (Fsp3) is 0.400. The first kappa shape index (κ1) is 17.3. The number of halogens is 1. The standard InChI is InChI=1S/C20H24ClNO2/c1-24-17-6-4-5-14(13-17)20(18-7-2-3-8-19(18)21)22-15-9-11-16(23)12-10-15/h2-8,13,15-16,20,22-23H,9-12H2,1H3. The molecular weight excluding hydrogens is 322 g/mol. The van der Waals surface area contributed by atoms with E-state index in [2.05, 4.69) is 23.5 Å². The van der Waals surface area contributed by atoms with Gasteiger partial charge in [0.2, 0.25) is 0 Å². The van der Waals surface area contributed by atoms with Gasteiger partial charge in [0.05, 0.1) is 19.3 Å². The zero-order chi connectivity index (χ0) is 16.9. The minimum absolute atomic E-state index is 0.00837. The predicted octanol–water partition coefficient (Wildman–Crippen LogP) is 4.33. The quantitative estimate of drug-likeness (QED) is 0.847. The second-order valence-corrected chi connectivity index (χ2v) is 6.81. The van der Waals surface area contributed by atoms with Crippen LogP contribution in [0.2, 0.25) is 5.02 Å². The van der Waals surface area contributed by atoms with Gasteiger partial charge in [0.1, 0.15) is 5.75 Å². The second kappa shape index (κ2) is 8.02. The molecule has 0 aliphatic heterocycles. The van der Waals surface area contributed by atoms with E-state index in [1.54, 1.807) is 7.11 Å². The molecule has 2 aromatic carbocycles. The predicted molar refractivity (Wildman–Crippen MR) is 97.7 cm³/mol. The smallest absolute Gasteiger partial charge is 0.119 e. The number of methoxy groups -OCH3 is 1. The van der Waals surface area contributed by atoms with Crippen molar-refractivity contribution >= 4 is 11.6 Å². The summed E-state index contributed by atoms with van der Waals surface area (Å²) in [6, 6.07) is 16.4. The molecule has 0 saturated heterocycles. The molecule has 0 bridgehead atoms. The first-order chi connectivity index (χ1) is 11.7. The Hall–Kier alpha value is -1.55. The van der Waals surface area contributed by atoms with Gasteiger partial charge in [-0.25, -0.2) is 0 Å². The van der Waals surface area contributed by atoms with Crippen molar-refractivity contribution in [3.8, 4) is 5.75 Å². The molecular formula is C20H24ClNO2. The van der Waals surface area contributed by atoms with Crippen LogP contribution in [0, 0.1) is 0 Å². The van der Waals surface area contributed by atoms with Gasteiger partial charge < -0.3 is 15.2 Å². The van der Waals surface area contributed by atoms with Crippen molar-refractivity contribution < 1.29 is 9.84 Å². The molecule has 4 heteroatoms. The topological polar surface area (TPSA) is 41.5 Å². The zero-order valence-electron chi connectivity index (χ0n) is 13.9. The monoisotopic (exact) mass is 345 g/mol. The molecule has 3 nitrogen and oxygen atoms in total. The fourth-order valence-corrected chi connectivity index (χ4v) is 3.62. The van der Waals surface area contributed by atoms with E-state index in [0.29, 0.717) is 6.04 Å². The lowest BCUT2D eigenvalue weighted by atomic mass is 9.90. The van der Waals surface area contributed by atoms with E-state index in [-0.39, 0.29) is 12.1 Å². The lowest BCUT2D eigenvalue weighted by Crippen LogP contribution is -2.37. The Balaban J connectivity index is 1.90. The van der Waals surface area contributed by atoms with Crippen LogP contribution in [0.4, 0.5) is 0 Å². The van der Waals surface area contributed by atoms with Crippen molar-refractivity contribution in [2.24, 2.45) is 0 Å². The molecule has 24 heavy (non-hydrogen) atoms. The Morgan fingerprint density at radius 3 is 2.54 bits per heavy atom. The van der Waals surface area contributed by atoms with Crippen LogP contribution in [0.15, 0.2) is 48.5 Å². The average Bonchev–Trinajstić information content (AvgIpc) is 2.62. The summed E-state index contributed by atoms with van der Waals surface area (Å²) in [5.41, 5.74) is 2.20. The van der Waals surface area contributed by atoms with Gasteiger partial charge in [-0.1, -0.05) is 41.9 Å². The van der Waals surface area contributed by atoms with Crippen LogP contribution in [0.25, 0.3) is 0 Å². The lowest BCUT2D eigenvalue weighted by Gasteiger charge is -2.31. The number of nitrogens with one attached hydrogen (secondary N) is 1. The number of hydrogen-bond acceptors (Lipinski definition) is 3. The first-order valence-electron chi connectivity index (χ1n) is 8.50. The van der Waals surface area contributed by atoms with Crippen molar-refractivity contribution in [3.05, 3.63) is 64.7 Å². The third kappa shape index (κ3) is 4.10. The minimum atomic E-state index is -0.154. The fourth-order valence-electron chi connectivity index (χ4n) is 3.37. The number of aliphatic hydroxyl groups excluding tert-OH is 1. The van der Waals surface area contributed by atoms with Crippen molar-refractivity contribution in [1.82, 2.24) is 5.32 Å². The van der Waals surface area contributed by atoms with Crippen molar-refractivity contribution in [2.45, 2.75) is 43.9 Å². The van der Waals surface area contributed by atoms with Crippen molar-refractivity contribution in [3.63, 3.8) is 0 Å². The normalized spacial score (nSPS) is 22.1. The zero-order valence-corrected chi connectivity index (χ0v) is 14.7. The summed E-state index contributed by atoms with van der Waals surface area (Å²) in [5.74, 6) is 0.838. The maximum atomic E-state index is 9.74. The Kier molecular flexibility index (Phi) is 5.77. The largest absolute Gasteiger partial charge is 0.497 e. The average molecular weight is 346 g/mol. The van der Waals surface area contributed by atoms with Gasteiger partial charge in [-0.2, -0.15) is 0 Å². The molecule has 0 radical (unpaired) electrons. The maximum Gasteiger partial charge on any atom is 0.119 e. The maximum absolute atomic E-state index is 9.74. The highest BCUT2D eigenvalue weighted by Gasteiger charge is 2.25. The molecule has 2 aromatic rings. The number of rotatable bonds is 5. The van der Waals surface area contributed by atoms with Crippen LogP contribution < -0.4 is 10.1 Å². The summed E-state index contributed by atoms with van der Waals surface area (Å²) in [5, 5.41) is 14.3. The van der Waals surface area contributed by atoms with E-state index < -0.39 is 0 Å². The van der Waals surface area contributed by atoms with Crippen molar-refractivity contribution in [2.75, 3.05) is 7.11 Å². The number of aliphatic hydroxyl groups is 1. The van der Waals surface area contributed by atoms with E-state index >= 15 is 0 Å². The summed E-state index contributed by atoms with van der Waals surface area (Å²) in [6.45, 7) is 0. The van der Waals surface area contributed by atoms with Gasteiger partial charge in [-0.05, 0) is 55.0 Å². The molecule has 1 saturated carbocycles. The van der Waals surface area contributed by atoms with Gasteiger partial charge in [0.25, 0.3) is 0 Å². The third-order valence-corrected chi connectivity index (χ3v) is 5.09. The third-order valence-electron chi connectivity index (χ3n) is 4.74. The van der Waals surface area contributed by atoms with E-state index in [1.165, 1.54) is 0 Å². The molecule has 0 aromatic heterocycles. The molecule has 3 rings (SSSR count). The summed E-state index contributed by atoms with van der Waals surface area (Å²) in [6.07, 6.45) is 3.51. The first-order valence-corrected chi connectivity index (χ1v) is 8.87. The van der Waals surface area contributed by atoms with E-state index in [0.717, 1.165) is 47.6 Å². The molecule has 128 valence electrons. The van der Waals surface area contributed by atoms with E-state index in [1.807, 2.05) is 30.3 Å². The van der Waals surface area contributed by atoms with Crippen LogP contribution in [0.5, 0.6) is 5.75 Å². The summed E-state index contributed by atoms with van der Waals surface area (Å²) in [7, 11) is 1.68. The van der Waals surface area contributed by atoms with Gasteiger partial charge in [0.15, 0.2) is 0 Å². The molecule has 0 heterocycles. The van der Waals surface area contributed by atoms with E-state index in [4.69, 9.17) is 16.3 Å². The molecule has 0 amide bonds. The molecule has 1 unspecified atom stereocenters. The van der Waals surface area contributed by atoms with Crippen LogP contribution in [-0.4, -0.2) is 24.4 Å². The minimum Gasteiger partial charge on any atom is -0.497 e. The number of benzene rings is 2. The van der Waals surface area contributed by atoms with Gasteiger partial charge in [0, 0.05) is 11.1 Å². The van der Waals surface area contributed by atoms with Crippen molar-refractivity contribution in [1.29, 1.82) is 0 Å². The number of ether oxygens (including phenoxy) is 1. The number of hydrogen-bond donors (Lipinski definition) is 2. The second-order valence-electron chi connectivity index (χ2n) is 6.40. The molecule has 1 fully saturated rings. The summed E-state index contributed by atoms with van der Waals surface area (Å²) in [4.78, 5) is 0. The van der Waals surface area contributed by atoms with Crippen LogP contribution in [0.1, 0.15) is 42.9 Å². The highest BCUT2D eigenvalue weighted by molar-refractivity contribution is 6.31. The SMILES string of the molecule is COc1cccc(C(NC2CCC(O)CC2)c2ccccc2Cl)c1. The van der Waals surface area contributed by atoms with Gasteiger partial charge in [-0.15, -0.1) is 0 Å². The summed E-state index contributed by atoms with van der Waals surface area (Å²) < 4.78 is 5.38. The van der Waals surface area contributed by atoms with Crippen LogP contribution >= 0.6 is 11.6 Å². The molecule has 2 N–H and O–H groups in total. The Morgan fingerprint density at radius 1 is 1.08 bits per heavy atom. The van der Waals surface area contributed by atoms with Crippen LogP contribution in [0.3, 0.4) is 0 Å². The molecule has 1 atom stereocenters. The molecule has 1 aliphatic rings. The van der Waals surface area contributed by atoms with Crippen LogP contribution in [-0.2, 0) is 0 Å². The Morgan fingerprint density at radius 2 is 1.83 bits per heavy atom. The lowest BCUT2D eigenvalue weighted by molar-refractivity contribution is 0.115. The summed E-state index contributed by atoms with van der Waals surface area (Å²) >= 11 is 6.47. The Labute approximate surface area is 148 Å². The molecule has 0 spiro atoms. The molecule has 1 aliphatic carbocycles. The highest BCUT2D eigenvalue weighted by Crippen LogP contribution is 2.32. The van der Waals surface area contributed by atoms with E-state index in [9.17, 15) is 5.11 Å². The van der Waals surface area contributed by atoms with Gasteiger partial charge in [-0.3, -0.25) is 0 Å². The Bertz CT molecular complexity index is 668. The van der Waals surface area contributed by atoms with Gasteiger partial charge >= 0.3 is 0 Å². The highest BCUT2D eigenvalue weighted by atomic mass is 35.5.